The number of nitrogens with zero attached hydrogens (tertiary/aromatic N) is 1. The van der Waals surface area contributed by atoms with E-state index in [1.807, 2.05) is 32.0 Å². The fourth-order valence-corrected chi connectivity index (χ4v) is 3.99. The maximum atomic E-state index is 12.7. The van der Waals surface area contributed by atoms with Crippen LogP contribution in [0.1, 0.15) is 40.9 Å². The highest BCUT2D eigenvalue weighted by molar-refractivity contribution is 7.92. The first-order chi connectivity index (χ1) is 13.7. The average molecular weight is 417 g/mol. The van der Waals surface area contributed by atoms with Crippen LogP contribution in [0.25, 0.3) is 0 Å². The van der Waals surface area contributed by atoms with Crippen LogP contribution in [0.4, 0.5) is 5.69 Å². The van der Waals surface area contributed by atoms with Gasteiger partial charge >= 0.3 is 0 Å². The molecular formula is C22H28N2O4S. The molecular weight excluding hydrogens is 388 g/mol. The Labute approximate surface area is 173 Å². The predicted molar refractivity (Wildman–Crippen MR) is 117 cm³/mol. The highest BCUT2D eigenvalue weighted by Crippen LogP contribution is 2.25. The molecule has 0 spiro atoms. The van der Waals surface area contributed by atoms with Crippen molar-refractivity contribution in [1.82, 2.24) is 5.32 Å². The van der Waals surface area contributed by atoms with Gasteiger partial charge in [-0.3, -0.25) is 9.10 Å². The van der Waals surface area contributed by atoms with Crippen molar-refractivity contribution in [2.24, 2.45) is 0 Å². The molecule has 0 saturated carbocycles. The fraction of sp³-hybridized carbons (Fsp3) is 0.318. The normalized spacial score (nSPS) is 12.1. The van der Waals surface area contributed by atoms with E-state index in [1.54, 1.807) is 31.4 Å². The van der Waals surface area contributed by atoms with Crippen molar-refractivity contribution in [1.29, 1.82) is 0 Å². The van der Waals surface area contributed by atoms with E-state index in [0.717, 1.165) is 29.6 Å². The van der Waals surface area contributed by atoms with E-state index in [2.05, 4.69) is 11.9 Å². The van der Waals surface area contributed by atoms with Gasteiger partial charge in [0.05, 0.1) is 31.6 Å². The van der Waals surface area contributed by atoms with Crippen LogP contribution < -0.4 is 14.4 Å². The number of hydrogen-bond acceptors (Lipinski definition) is 4. The standard InChI is InChI=1S/C22H28N2O4S/c1-6-14-24(29(5,26)27)19-11-8-17(9-12-19)22(25)23-20(7-2)18-10-13-21(28-4)16(3)15-18/h6,8-13,15,20H,1,7,14H2,2-5H3,(H,23,25)/t20-/m1/s1. The Morgan fingerprint density at radius 3 is 2.38 bits per heavy atom. The number of sulfonamides is 1. The van der Waals surface area contributed by atoms with Crippen LogP contribution in [0.15, 0.2) is 55.1 Å². The lowest BCUT2D eigenvalue weighted by Crippen LogP contribution is -2.30. The molecule has 1 N–H and O–H groups in total. The summed E-state index contributed by atoms with van der Waals surface area (Å²) in [5.74, 6) is 0.590. The number of amides is 1. The largest absolute Gasteiger partial charge is 0.496 e. The number of nitrogens with one attached hydrogen (secondary N) is 1. The lowest BCUT2D eigenvalue weighted by molar-refractivity contribution is 0.0935. The summed E-state index contributed by atoms with van der Waals surface area (Å²) in [6, 6.07) is 12.2. The number of carbonyl (C=O) groups is 1. The number of carbonyl (C=O) groups excluding carboxylic acids is 1. The van der Waals surface area contributed by atoms with Crippen molar-refractivity contribution in [3.05, 3.63) is 71.8 Å². The molecule has 29 heavy (non-hydrogen) atoms. The second kappa shape index (κ2) is 9.60. The molecule has 6 nitrogen and oxygen atoms in total. The number of hydrogen-bond donors (Lipinski definition) is 1. The Kier molecular flexibility index (Phi) is 7.45. The molecule has 2 aromatic rings. The predicted octanol–water partition coefficient (Wildman–Crippen LogP) is 3.84. The quantitative estimate of drug-likeness (QED) is 0.630. The third-order valence-electron chi connectivity index (χ3n) is 4.65. The first-order valence-electron chi connectivity index (χ1n) is 9.35. The molecule has 0 aliphatic carbocycles. The first kappa shape index (κ1) is 22.5. The number of ether oxygens (including phenoxy) is 1. The summed E-state index contributed by atoms with van der Waals surface area (Å²) in [6.07, 6.45) is 3.39. The topological polar surface area (TPSA) is 75.7 Å². The zero-order valence-electron chi connectivity index (χ0n) is 17.3. The van der Waals surface area contributed by atoms with Gasteiger partial charge in [0, 0.05) is 5.56 Å². The van der Waals surface area contributed by atoms with Gasteiger partial charge in [-0.2, -0.15) is 0 Å². The van der Waals surface area contributed by atoms with Crippen molar-refractivity contribution in [3.63, 3.8) is 0 Å². The van der Waals surface area contributed by atoms with Crippen LogP contribution in [0.3, 0.4) is 0 Å². The van der Waals surface area contributed by atoms with E-state index >= 15 is 0 Å². The molecule has 0 fully saturated rings. The Balaban J connectivity index is 2.19. The number of aryl methyl sites for hydroxylation is 1. The summed E-state index contributed by atoms with van der Waals surface area (Å²) < 4.78 is 30.4. The van der Waals surface area contributed by atoms with E-state index < -0.39 is 10.0 Å². The lowest BCUT2D eigenvalue weighted by atomic mass is 10.0. The summed E-state index contributed by atoms with van der Waals surface area (Å²) in [4.78, 5) is 12.7. The van der Waals surface area contributed by atoms with Gasteiger partial charge in [-0.05, 0) is 54.8 Å². The average Bonchev–Trinajstić information content (AvgIpc) is 2.69. The molecule has 2 aromatic carbocycles. The first-order valence-corrected chi connectivity index (χ1v) is 11.2. The lowest BCUT2D eigenvalue weighted by Gasteiger charge is -2.21. The second-order valence-electron chi connectivity index (χ2n) is 6.79. The van der Waals surface area contributed by atoms with Crippen LogP contribution in [-0.4, -0.2) is 34.2 Å². The van der Waals surface area contributed by atoms with E-state index in [4.69, 9.17) is 4.74 Å². The number of benzene rings is 2. The van der Waals surface area contributed by atoms with Crippen molar-refractivity contribution >= 4 is 21.6 Å². The second-order valence-corrected chi connectivity index (χ2v) is 8.70. The fourth-order valence-electron chi connectivity index (χ4n) is 3.11. The minimum Gasteiger partial charge on any atom is -0.496 e. The molecule has 0 heterocycles. The van der Waals surface area contributed by atoms with E-state index in [1.165, 1.54) is 10.4 Å². The Bertz CT molecular complexity index is 969. The molecule has 0 aromatic heterocycles. The summed E-state index contributed by atoms with van der Waals surface area (Å²) >= 11 is 0. The van der Waals surface area contributed by atoms with Crippen LogP contribution in [0.2, 0.25) is 0 Å². The summed E-state index contributed by atoms with van der Waals surface area (Å²) in [6.45, 7) is 7.73. The van der Waals surface area contributed by atoms with Gasteiger partial charge in [0.1, 0.15) is 5.75 Å². The van der Waals surface area contributed by atoms with E-state index in [-0.39, 0.29) is 18.5 Å². The summed E-state index contributed by atoms with van der Waals surface area (Å²) in [5, 5.41) is 3.04. The highest BCUT2D eigenvalue weighted by Gasteiger charge is 2.18. The van der Waals surface area contributed by atoms with Crippen molar-refractivity contribution < 1.29 is 17.9 Å². The SMILES string of the molecule is C=CCN(c1ccc(C(=O)N[C@H](CC)c2ccc(OC)c(C)c2)cc1)S(C)(=O)=O. The number of methoxy groups -OCH3 is 1. The van der Waals surface area contributed by atoms with Gasteiger partial charge in [0.2, 0.25) is 10.0 Å². The Morgan fingerprint density at radius 1 is 1.24 bits per heavy atom. The third-order valence-corrected chi connectivity index (χ3v) is 5.81. The van der Waals surface area contributed by atoms with Crippen molar-refractivity contribution in [2.75, 3.05) is 24.2 Å². The maximum Gasteiger partial charge on any atom is 0.251 e. The van der Waals surface area contributed by atoms with Crippen molar-refractivity contribution in [2.45, 2.75) is 26.3 Å². The molecule has 0 bridgehead atoms. The van der Waals surface area contributed by atoms with Crippen LogP contribution >= 0.6 is 0 Å². The van der Waals surface area contributed by atoms with Gasteiger partial charge in [-0.1, -0.05) is 25.1 Å². The Morgan fingerprint density at radius 2 is 1.90 bits per heavy atom. The zero-order chi connectivity index (χ0) is 21.6. The smallest absolute Gasteiger partial charge is 0.251 e. The molecule has 1 amide bonds. The molecule has 0 unspecified atom stereocenters. The van der Waals surface area contributed by atoms with E-state index in [0.29, 0.717) is 11.3 Å². The van der Waals surface area contributed by atoms with Crippen LogP contribution in [-0.2, 0) is 10.0 Å². The van der Waals surface area contributed by atoms with Gasteiger partial charge in [0.15, 0.2) is 0 Å². The molecule has 2 rings (SSSR count). The molecule has 0 aliphatic rings. The van der Waals surface area contributed by atoms with Gasteiger partial charge in [-0.25, -0.2) is 8.42 Å². The van der Waals surface area contributed by atoms with Gasteiger partial charge < -0.3 is 10.1 Å². The zero-order valence-corrected chi connectivity index (χ0v) is 18.1. The molecule has 7 heteroatoms. The number of rotatable bonds is 9. The molecule has 1 atom stereocenters. The van der Waals surface area contributed by atoms with Crippen LogP contribution in [0.5, 0.6) is 5.75 Å². The maximum absolute atomic E-state index is 12.7. The summed E-state index contributed by atoms with van der Waals surface area (Å²) in [7, 11) is -1.80. The molecule has 0 radical (unpaired) electrons. The highest BCUT2D eigenvalue weighted by atomic mass is 32.2. The molecule has 0 saturated heterocycles. The van der Waals surface area contributed by atoms with Crippen molar-refractivity contribution in [3.8, 4) is 5.75 Å². The minimum absolute atomic E-state index is 0.139. The van der Waals surface area contributed by atoms with Gasteiger partial charge in [-0.15, -0.1) is 6.58 Å². The Hall–Kier alpha value is -2.80. The minimum atomic E-state index is -3.43. The molecule has 156 valence electrons. The summed E-state index contributed by atoms with van der Waals surface area (Å²) in [5.41, 5.74) is 2.96. The van der Waals surface area contributed by atoms with E-state index in [9.17, 15) is 13.2 Å². The van der Waals surface area contributed by atoms with Gasteiger partial charge in [0.25, 0.3) is 5.91 Å². The molecule has 0 aliphatic heterocycles. The van der Waals surface area contributed by atoms with Crippen LogP contribution in [0, 0.1) is 6.92 Å². The monoisotopic (exact) mass is 416 g/mol. The third kappa shape index (κ3) is 5.60. The number of anilines is 1.